The van der Waals surface area contributed by atoms with Crippen LogP contribution in [0.25, 0.3) is 0 Å². The maximum absolute atomic E-state index is 15.7. The van der Waals surface area contributed by atoms with Gasteiger partial charge < -0.3 is 32.4 Å². The Morgan fingerprint density at radius 1 is 0.912 bits per heavy atom. The molecule has 0 amide bonds. The zero-order chi connectivity index (χ0) is 25.6. The van der Waals surface area contributed by atoms with Crippen LogP contribution >= 0.6 is 7.14 Å². The van der Waals surface area contributed by atoms with E-state index in [4.69, 9.17) is 27.8 Å². The Hall–Kier alpha value is -0.356. The standard InChI is InChI=1S/C24H43O7PSi2/c1-23(2)17-26-20(29-23)22(31-34(8,9)10)32(25,18-14-12-11-13-15-18)21(30-33(5,6)7)19-16-27-24(3,4)28-19/h11-15,19-22H,16-17H2,1-10H3/t19-,20+,21+,22-,32+/m1/s1. The first-order valence-corrected chi connectivity index (χ1v) is 20.7. The normalized spacial score (nSPS) is 28.4. The van der Waals surface area contributed by atoms with Crippen molar-refractivity contribution in [1.29, 1.82) is 0 Å². The van der Waals surface area contributed by atoms with Gasteiger partial charge in [0.1, 0.15) is 11.9 Å². The van der Waals surface area contributed by atoms with Gasteiger partial charge in [-0.25, -0.2) is 0 Å². The lowest BCUT2D eigenvalue weighted by Gasteiger charge is -2.42. The van der Waals surface area contributed by atoms with Gasteiger partial charge in [0, 0.05) is 5.30 Å². The average Bonchev–Trinajstić information content (AvgIpc) is 3.24. The van der Waals surface area contributed by atoms with E-state index >= 15 is 4.57 Å². The van der Waals surface area contributed by atoms with Crippen molar-refractivity contribution in [2.24, 2.45) is 0 Å². The second-order valence-electron chi connectivity index (χ2n) is 12.2. The number of hydrogen-bond acceptors (Lipinski definition) is 7. The van der Waals surface area contributed by atoms with Crippen LogP contribution in [0.1, 0.15) is 27.7 Å². The highest BCUT2D eigenvalue weighted by molar-refractivity contribution is 7.72. The third-order valence-electron chi connectivity index (χ3n) is 5.48. The monoisotopic (exact) mass is 530 g/mol. The van der Waals surface area contributed by atoms with E-state index in [9.17, 15) is 0 Å². The van der Waals surface area contributed by atoms with Crippen LogP contribution in [0.2, 0.25) is 39.3 Å². The molecule has 2 fully saturated rings. The summed E-state index contributed by atoms with van der Waals surface area (Å²) in [4.78, 5) is 0. The highest BCUT2D eigenvalue weighted by atomic mass is 31.2. The van der Waals surface area contributed by atoms with Gasteiger partial charge in [-0.3, -0.25) is 0 Å². The molecule has 7 nitrogen and oxygen atoms in total. The third-order valence-corrected chi connectivity index (χ3v) is 11.2. The minimum Gasteiger partial charge on any atom is -0.405 e. The summed E-state index contributed by atoms with van der Waals surface area (Å²) in [6, 6.07) is 9.50. The van der Waals surface area contributed by atoms with Crippen molar-refractivity contribution in [3.8, 4) is 0 Å². The molecule has 2 saturated heterocycles. The van der Waals surface area contributed by atoms with Crippen molar-refractivity contribution in [2.75, 3.05) is 13.2 Å². The van der Waals surface area contributed by atoms with E-state index in [-0.39, 0.29) is 6.61 Å². The van der Waals surface area contributed by atoms with Gasteiger partial charge in [-0.1, -0.05) is 30.3 Å². The second-order valence-corrected chi connectivity index (χ2v) is 24.1. The maximum atomic E-state index is 15.7. The first kappa shape index (κ1) is 28.2. The van der Waals surface area contributed by atoms with Crippen LogP contribution in [-0.4, -0.2) is 65.3 Å². The van der Waals surface area contributed by atoms with Crippen LogP contribution < -0.4 is 5.30 Å². The third kappa shape index (κ3) is 6.90. The summed E-state index contributed by atoms with van der Waals surface area (Å²) in [7, 11) is -7.91. The summed E-state index contributed by atoms with van der Waals surface area (Å²) in [5, 5.41) is 0.673. The van der Waals surface area contributed by atoms with Crippen molar-refractivity contribution < 1.29 is 32.4 Å². The Kier molecular flexibility index (Phi) is 8.16. The molecule has 0 aliphatic carbocycles. The summed E-state index contributed by atoms with van der Waals surface area (Å²) >= 11 is 0. The molecule has 0 radical (unpaired) electrons. The zero-order valence-electron chi connectivity index (χ0n) is 22.4. The Morgan fingerprint density at radius 3 is 1.91 bits per heavy atom. The topological polar surface area (TPSA) is 72.5 Å². The minimum atomic E-state index is -3.53. The van der Waals surface area contributed by atoms with Crippen LogP contribution in [0.5, 0.6) is 0 Å². The number of hydrogen-bond donors (Lipinski definition) is 0. The molecule has 0 bridgehead atoms. The van der Waals surface area contributed by atoms with Crippen LogP contribution in [0.15, 0.2) is 30.3 Å². The summed E-state index contributed by atoms with van der Waals surface area (Å²) in [5.41, 5.74) is -0.503. The average molecular weight is 531 g/mol. The minimum absolute atomic E-state index is 0.288. The van der Waals surface area contributed by atoms with E-state index in [2.05, 4.69) is 39.3 Å². The van der Waals surface area contributed by atoms with Crippen molar-refractivity contribution in [3.63, 3.8) is 0 Å². The molecular formula is C24H43O7PSi2. The summed E-state index contributed by atoms with van der Waals surface area (Å²) < 4.78 is 53.7. The van der Waals surface area contributed by atoms with Gasteiger partial charge in [0.2, 0.25) is 0 Å². The molecule has 3 rings (SSSR count). The first-order valence-electron chi connectivity index (χ1n) is 12.0. The predicted octanol–water partition coefficient (Wildman–Crippen LogP) is 5.33. The molecule has 0 N–H and O–H groups in total. The molecule has 10 heteroatoms. The van der Waals surface area contributed by atoms with E-state index in [0.717, 1.165) is 0 Å². The molecule has 2 aliphatic heterocycles. The molecule has 2 heterocycles. The second kappa shape index (κ2) is 9.84. The fraction of sp³-hybridized carbons (Fsp3) is 0.750. The SMILES string of the molecule is CC1(C)CO[C@H]([C@H](O[Si](C)(C)C)[P@](=O)(c2ccccc2)[C@H](O[Si](C)(C)C)[C@H]2COC(C)(C)O2)O1. The fourth-order valence-corrected chi connectivity index (χ4v) is 11.7. The maximum Gasteiger partial charge on any atom is 0.190 e. The first-order chi connectivity index (χ1) is 15.4. The van der Waals surface area contributed by atoms with Crippen LogP contribution in [0, 0.1) is 0 Å². The van der Waals surface area contributed by atoms with E-state index < -0.39 is 59.2 Å². The highest BCUT2D eigenvalue weighted by Gasteiger charge is 2.57. The number of ether oxygens (including phenoxy) is 4. The lowest BCUT2D eigenvalue weighted by atomic mass is 10.2. The van der Waals surface area contributed by atoms with Gasteiger partial charge in [-0.15, -0.1) is 0 Å². The van der Waals surface area contributed by atoms with Crippen molar-refractivity contribution in [2.45, 2.75) is 102 Å². The van der Waals surface area contributed by atoms with Crippen LogP contribution in [-0.2, 0) is 32.4 Å². The van der Waals surface area contributed by atoms with Gasteiger partial charge in [0.05, 0.1) is 18.8 Å². The quantitative estimate of drug-likeness (QED) is 0.315. The van der Waals surface area contributed by atoms with Gasteiger partial charge in [-0.2, -0.15) is 0 Å². The molecule has 34 heavy (non-hydrogen) atoms. The van der Waals surface area contributed by atoms with Gasteiger partial charge in [-0.05, 0) is 67.0 Å². The van der Waals surface area contributed by atoms with E-state index in [0.29, 0.717) is 11.9 Å². The Bertz CT molecular complexity index is 830. The largest absolute Gasteiger partial charge is 0.405 e. The molecule has 194 valence electrons. The van der Waals surface area contributed by atoms with Crippen molar-refractivity contribution >= 4 is 29.1 Å². The van der Waals surface area contributed by atoms with Crippen LogP contribution in [0.4, 0.5) is 0 Å². The van der Waals surface area contributed by atoms with Gasteiger partial charge in [0.15, 0.2) is 41.7 Å². The molecule has 0 spiro atoms. The van der Waals surface area contributed by atoms with Crippen LogP contribution in [0.3, 0.4) is 0 Å². The molecule has 0 saturated carbocycles. The Labute approximate surface area is 207 Å². The van der Waals surface area contributed by atoms with Gasteiger partial charge in [0.25, 0.3) is 0 Å². The smallest absolute Gasteiger partial charge is 0.190 e. The molecule has 5 atom stereocenters. The van der Waals surface area contributed by atoms with Crippen molar-refractivity contribution in [3.05, 3.63) is 30.3 Å². The number of rotatable bonds is 9. The fourth-order valence-electron chi connectivity index (χ4n) is 4.20. The summed E-state index contributed by atoms with van der Waals surface area (Å²) in [6.07, 6.45) is -1.30. The van der Waals surface area contributed by atoms with E-state index in [1.165, 1.54) is 0 Å². The molecule has 0 aromatic heterocycles. The Balaban J connectivity index is 2.20. The Morgan fingerprint density at radius 2 is 1.47 bits per heavy atom. The molecule has 0 unspecified atom stereocenters. The molecule has 2 aliphatic rings. The van der Waals surface area contributed by atoms with E-state index in [1.807, 2.05) is 58.0 Å². The summed E-state index contributed by atoms with van der Waals surface area (Å²) in [5.74, 6) is -2.39. The lowest BCUT2D eigenvalue weighted by Crippen LogP contribution is -2.49. The molecular weight excluding hydrogens is 487 g/mol. The van der Waals surface area contributed by atoms with Gasteiger partial charge >= 0.3 is 0 Å². The molecule has 1 aromatic carbocycles. The van der Waals surface area contributed by atoms with E-state index in [1.54, 1.807) is 0 Å². The highest BCUT2D eigenvalue weighted by Crippen LogP contribution is 2.61. The lowest BCUT2D eigenvalue weighted by molar-refractivity contribution is -0.145. The number of benzene rings is 1. The zero-order valence-corrected chi connectivity index (χ0v) is 25.3. The summed E-state index contributed by atoms with van der Waals surface area (Å²) in [6.45, 7) is 20.9. The van der Waals surface area contributed by atoms with Crippen molar-refractivity contribution in [1.82, 2.24) is 0 Å². The molecule has 1 aromatic rings. The predicted molar refractivity (Wildman–Crippen MR) is 140 cm³/mol.